The number of halogens is 2. The average molecular weight is 289 g/mol. The van der Waals surface area contributed by atoms with Crippen LogP contribution in [0.5, 0.6) is 0 Å². The summed E-state index contributed by atoms with van der Waals surface area (Å²) >= 11 is 1.51. The van der Waals surface area contributed by atoms with E-state index in [0.717, 1.165) is 42.8 Å². The Kier molecular flexibility index (Phi) is 8.02. The number of hydrogen-bond donors (Lipinski definition) is 1. The smallest absolute Gasteiger partial charge is 0.159 e. The van der Waals surface area contributed by atoms with E-state index in [9.17, 15) is 8.78 Å². The maximum atomic E-state index is 12.9. The Morgan fingerprint density at radius 1 is 1.21 bits per heavy atom. The van der Waals surface area contributed by atoms with Crippen molar-refractivity contribution >= 4 is 11.8 Å². The summed E-state index contributed by atoms with van der Waals surface area (Å²) in [7, 11) is 0. The van der Waals surface area contributed by atoms with Crippen molar-refractivity contribution in [3.05, 3.63) is 29.8 Å². The van der Waals surface area contributed by atoms with Crippen LogP contribution in [0.1, 0.15) is 20.3 Å². The second-order valence-corrected chi connectivity index (χ2v) is 5.62. The molecule has 5 heteroatoms. The summed E-state index contributed by atoms with van der Waals surface area (Å²) in [5, 5.41) is 3.29. The minimum absolute atomic E-state index is 0.281. The Morgan fingerprint density at radius 3 is 2.68 bits per heavy atom. The highest BCUT2D eigenvalue weighted by Gasteiger charge is 2.02. The number of benzene rings is 1. The lowest BCUT2D eigenvalue weighted by atomic mass is 10.3. The third-order valence-corrected chi connectivity index (χ3v) is 3.38. The van der Waals surface area contributed by atoms with Crippen molar-refractivity contribution in [1.29, 1.82) is 0 Å². The van der Waals surface area contributed by atoms with Crippen LogP contribution in [-0.2, 0) is 4.74 Å². The summed E-state index contributed by atoms with van der Waals surface area (Å²) in [5.41, 5.74) is 0. The predicted molar refractivity (Wildman–Crippen MR) is 75.7 cm³/mol. The van der Waals surface area contributed by atoms with Gasteiger partial charge in [-0.05, 0) is 45.0 Å². The van der Waals surface area contributed by atoms with E-state index in [2.05, 4.69) is 5.32 Å². The van der Waals surface area contributed by atoms with Crippen molar-refractivity contribution in [3.8, 4) is 0 Å². The first-order chi connectivity index (χ1) is 9.09. The molecule has 108 valence electrons. The number of hydrogen-bond acceptors (Lipinski definition) is 3. The van der Waals surface area contributed by atoms with Crippen LogP contribution in [0.3, 0.4) is 0 Å². The molecule has 1 aromatic carbocycles. The predicted octanol–water partition coefficient (Wildman–Crippen LogP) is 3.46. The van der Waals surface area contributed by atoms with Crippen molar-refractivity contribution in [1.82, 2.24) is 5.32 Å². The molecule has 0 radical (unpaired) electrons. The van der Waals surface area contributed by atoms with Gasteiger partial charge in [0.1, 0.15) is 0 Å². The molecule has 19 heavy (non-hydrogen) atoms. The van der Waals surface area contributed by atoms with E-state index in [1.165, 1.54) is 17.8 Å². The summed E-state index contributed by atoms with van der Waals surface area (Å²) in [6, 6.07) is 3.99. The fourth-order valence-corrected chi connectivity index (χ4v) is 2.28. The van der Waals surface area contributed by atoms with E-state index in [0.29, 0.717) is 0 Å². The van der Waals surface area contributed by atoms with Gasteiger partial charge < -0.3 is 10.1 Å². The molecular weight excluding hydrogens is 268 g/mol. The molecule has 1 N–H and O–H groups in total. The van der Waals surface area contributed by atoms with Crippen LogP contribution in [0.2, 0.25) is 0 Å². The highest BCUT2D eigenvalue weighted by molar-refractivity contribution is 7.99. The van der Waals surface area contributed by atoms with Crippen LogP contribution in [-0.4, -0.2) is 31.6 Å². The van der Waals surface area contributed by atoms with Crippen LogP contribution in [0, 0.1) is 11.6 Å². The molecule has 0 atom stereocenters. The molecule has 0 aromatic heterocycles. The monoisotopic (exact) mass is 289 g/mol. The molecule has 0 saturated heterocycles. The molecule has 2 nitrogen and oxygen atoms in total. The molecule has 0 aliphatic heterocycles. The third-order valence-electron chi connectivity index (χ3n) is 2.39. The minimum Gasteiger partial charge on any atom is -0.379 e. The molecule has 0 unspecified atom stereocenters. The van der Waals surface area contributed by atoms with Gasteiger partial charge in [-0.3, -0.25) is 0 Å². The van der Waals surface area contributed by atoms with E-state index >= 15 is 0 Å². The summed E-state index contributed by atoms with van der Waals surface area (Å²) in [6.45, 7) is 6.55. The number of ether oxygens (including phenoxy) is 1. The zero-order chi connectivity index (χ0) is 14.1. The van der Waals surface area contributed by atoms with E-state index in [-0.39, 0.29) is 6.10 Å². The average Bonchev–Trinajstić information content (AvgIpc) is 2.36. The molecule has 0 aliphatic rings. The lowest BCUT2D eigenvalue weighted by molar-refractivity contribution is 0.0772. The van der Waals surface area contributed by atoms with Crippen molar-refractivity contribution in [2.75, 3.05) is 25.4 Å². The molecule has 0 bridgehead atoms. The van der Waals surface area contributed by atoms with Gasteiger partial charge >= 0.3 is 0 Å². The number of thioether (sulfide) groups is 1. The van der Waals surface area contributed by atoms with E-state index in [1.807, 2.05) is 13.8 Å². The lowest BCUT2D eigenvalue weighted by Crippen LogP contribution is -2.20. The molecule has 0 spiro atoms. The van der Waals surface area contributed by atoms with E-state index < -0.39 is 11.6 Å². The van der Waals surface area contributed by atoms with Crippen molar-refractivity contribution in [2.45, 2.75) is 31.3 Å². The highest BCUT2D eigenvalue weighted by atomic mass is 32.2. The third kappa shape index (κ3) is 7.50. The minimum atomic E-state index is -0.798. The van der Waals surface area contributed by atoms with Crippen molar-refractivity contribution in [3.63, 3.8) is 0 Å². The van der Waals surface area contributed by atoms with Gasteiger partial charge in [0.05, 0.1) is 6.10 Å². The largest absolute Gasteiger partial charge is 0.379 e. The molecular formula is C14H21F2NOS. The summed E-state index contributed by atoms with van der Waals surface area (Å²) in [4.78, 5) is 0.754. The lowest BCUT2D eigenvalue weighted by Gasteiger charge is -2.08. The molecule has 0 saturated carbocycles. The molecule has 0 heterocycles. The zero-order valence-corrected chi connectivity index (χ0v) is 12.2. The van der Waals surface area contributed by atoms with Crippen LogP contribution in [0.15, 0.2) is 23.1 Å². The van der Waals surface area contributed by atoms with E-state index in [4.69, 9.17) is 4.74 Å². The fraction of sp³-hybridized carbons (Fsp3) is 0.571. The molecule has 1 aromatic rings. The first kappa shape index (κ1) is 16.4. The van der Waals surface area contributed by atoms with E-state index in [1.54, 1.807) is 6.07 Å². The molecule has 0 amide bonds. The maximum absolute atomic E-state index is 12.9. The Bertz CT molecular complexity index is 374. The fourth-order valence-electron chi connectivity index (χ4n) is 1.45. The van der Waals surface area contributed by atoms with Crippen LogP contribution < -0.4 is 5.32 Å². The topological polar surface area (TPSA) is 21.3 Å². The molecule has 0 aliphatic carbocycles. The van der Waals surface area contributed by atoms with Gasteiger partial charge in [0.15, 0.2) is 11.6 Å². The summed E-state index contributed by atoms with van der Waals surface area (Å²) in [6.07, 6.45) is 1.26. The maximum Gasteiger partial charge on any atom is 0.159 e. The first-order valence-electron chi connectivity index (χ1n) is 6.49. The van der Waals surface area contributed by atoms with Crippen molar-refractivity contribution < 1.29 is 13.5 Å². The Hall–Kier alpha value is -0.650. The van der Waals surface area contributed by atoms with Gasteiger partial charge in [-0.1, -0.05) is 0 Å². The zero-order valence-electron chi connectivity index (χ0n) is 11.4. The summed E-state index contributed by atoms with van der Waals surface area (Å²) in [5.74, 6) is -0.757. The van der Waals surface area contributed by atoms with Crippen molar-refractivity contribution in [2.24, 2.45) is 0 Å². The van der Waals surface area contributed by atoms with Gasteiger partial charge in [-0.15, -0.1) is 11.8 Å². The first-order valence-corrected chi connectivity index (χ1v) is 7.48. The van der Waals surface area contributed by atoms with Crippen LogP contribution >= 0.6 is 11.8 Å². The number of rotatable bonds is 9. The van der Waals surface area contributed by atoms with Gasteiger partial charge in [-0.25, -0.2) is 8.78 Å². The Labute approximate surface area is 117 Å². The Morgan fingerprint density at radius 2 is 2.00 bits per heavy atom. The Balaban J connectivity index is 2.03. The van der Waals surface area contributed by atoms with Gasteiger partial charge in [0.25, 0.3) is 0 Å². The normalized spacial score (nSPS) is 11.2. The van der Waals surface area contributed by atoms with Gasteiger partial charge in [-0.2, -0.15) is 0 Å². The quantitative estimate of drug-likeness (QED) is 0.555. The van der Waals surface area contributed by atoms with Crippen LogP contribution in [0.25, 0.3) is 0 Å². The standard InChI is InChI=1S/C14H21F2NOS/c1-11(2)18-8-3-6-17-7-9-19-12-4-5-13(15)14(16)10-12/h4-5,10-11,17H,3,6-9H2,1-2H3. The second kappa shape index (κ2) is 9.28. The molecule has 0 fully saturated rings. The highest BCUT2D eigenvalue weighted by Crippen LogP contribution is 2.19. The van der Waals surface area contributed by atoms with Crippen LogP contribution in [0.4, 0.5) is 8.78 Å². The summed E-state index contributed by atoms with van der Waals surface area (Å²) < 4.78 is 31.1. The number of nitrogens with one attached hydrogen (secondary N) is 1. The second-order valence-electron chi connectivity index (χ2n) is 4.45. The SMILES string of the molecule is CC(C)OCCCNCCSc1ccc(F)c(F)c1. The van der Waals surface area contributed by atoms with Gasteiger partial charge in [0.2, 0.25) is 0 Å². The van der Waals surface area contributed by atoms with Gasteiger partial charge in [0, 0.05) is 23.8 Å². The molecule has 1 rings (SSSR count).